The second kappa shape index (κ2) is 6.84. The average molecular weight is 306 g/mol. The van der Waals surface area contributed by atoms with Crippen LogP contribution in [0.25, 0.3) is 0 Å². The van der Waals surface area contributed by atoms with Gasteiger partial charge in [0.1, 0.15) is 0 Å². The Balaban J connectivity index is 1.80. The lowest BCUT2D eigenvalue weighted by atomic mass is 9.87. The summed E-state index contributed by atoms with van der Waals surface area (Å²) in [5.74, 6) is 0.674. The number of primary amides is 1. The largest absolute Gasteiger partial charge is 0.368 e. The first-order valence-electron chi connectivity index (χ1n) is 7.65. The van der Waals surface area contributed by atoms with E-state index in [1.165, 1.54) is 23.3 Å². The Bertz CT molecular complexity index is 475. The second-order valence-corrected chi connectivity index (χ2v) is 7.98. The van der Waals surface area contributed by atoms with Crippen molar-refractivity contribution in [3.8, 4) is 0 Å². The molecule has 2 rings (SSSR count). The van der Waals surface area contributed by atoms with E-state index in [1.54, 1.807) is 11.8 Å². The zero-order chi connectivity index (χ0) is 15.5. The van der Waals surface area contributed by atoms with Crippen LogP contribution in [0.1, 0.15) is 45.6 Å². The van der Waals surface area contributed by atoms with Crippen LogP contribution in [-0.2, 0) is 10.2 Å². The molecule has 1 aromatic carbocycles. The number of benzene rings is 1. The number of carbonyl (C=O) groups is 1. The number of carbonyl (C=O) groups excluding carboxylic acids is 1. The molecule has 0 saturated heterocycles. The van der Waals surface area contributed by atoms with E-state index >= 15 is 0 Å². The highest BCUT2D eigenvalue weighted by molar-refractivity contribution is 7.99. The molecule has 1 atom stereocenters. The Kier molecular flexibility index (Phi) is 5.33. The Morgan fingerprint density at radius 3 is 2.43 bits per heavy atom. The summed E-state index contributed by atoms with van der Waals surface area (Å²) in [7, 11) is 0. The maximum atomic E-state index is 11.4. The molecule has 0 spiro atoms. The van der Waals surface area contributed by atoms with Gasteiger partial charge < -0.3 is 11.1 Å². The number of hydrogen-bond donors (Lipinski definition) is 2. The monoisotopic (exact) mass is 306 g/mol. The molecule has 1 saturated carbocycles. The minimum absolute atomic E-state index is 0.182. The summed E-state index contributed by atoms with van der Waals surface area (Å²) in [4.78, 5) is 12.7. The number of nitrogens with one attached hydrogen (secondary N) is 1. The summed E-state index contributed by atoms with van der Waals surface area (Å²) in [6.07, 6.45) is 3.13. The number of amides is 1. The summed E-state index contributed by atoms with van der Waals surface area (Å²) >= 11 is 1.79. The molecule has 116 valence electrons. The van der Waals surface area contributed by atoms with E-state index in [4.69, 9.17) is 5.73 Å². The Morgan fingerprint density at radius 2 is 1.95 bits per heavy atom. The molecule has 1 unspecified atom stereocenters. The summed E-state index contributed by atoms with van der Waals surface area (Å²) in [5.41, 5.74) is 6.98. The lowest BCUT2D eigenvalue weighted by Crippen LogP contribution is -2.42. The molecule has 0 bridgehead atoms. The molecule has 21 heavy (non-hydrogen) atoms. The van der Waals surface area contributed by atoms with Crippen LogP contribution < -0.4 is 11.1 Å². The Hall–Kier alpha value is -1.00. The summed E-state index contributed by atoms with van der Waals surface area (Å²) in [6.45, 7) is 6.66. The van der Waals surface area contributed by atoms with Crippen molar-refractivity contribution in [1.29, 1.82) is 0 Å². The summed E-state index contributed by atoms with van der Waals surface area (Å²) in [6, 6.07) is 9.04. The van der Waals surface area contributed by atoms with E-state index < -0.39 is 0 Å². The van der Waals surface area contributed by atoms with Gasteiger partial charge in [-0.25, -0.2) is 0 Å². The van der Waals surface area contributed by atoms with Crippen molar-refractivity contribution < 1.29 is 4.79 Å². The molecule has 1 fully saturated rings. The predicted octanol–water partition coefficient (Wildman–Crippen LogP) is 3.07. The van der Waals surface area contributed by atoms with Crippen LogP contribution in [-0.4, -0.2) is 23.7 Å². The lowest BCUT2D eigenvalue weighted by molar-refractivity contribution is -0.120. The van der Waals surface area contributed by atoms with Gasteiger partial charge in [-0.05, 0) is 48.1 Å². The van der Waals surface area contributed by atoms with Crippen LogP contribution in [0.2, 0.25) is 0 Å². The van der Waals surface area contributed by atoms with Crippen molar-refractivity contribution in [2.45, 2.75) is 62.4 Å². The fourth-order valence-corrected chi connectivity index (χ4v) is 3.11. The van der Waals surface area contributed by atoms with E-state index in [9.17, 15) is 4.79 Å². The second-order valence-electron chi connectivity index (χ2n) is 6.81. The van der Waals surface area contributed by atoms with Gasteiger partial charge in [-0.3, -0.25) is 4.79 Å². The molecule has 0 radical (unpaired) electrons. The third-order valence-corrected chi connectivity index (χ3v) is 4.80. The van der Waals surface area contributed by atoms with Crippen LogP contribution in [0.3, 0.4) is 0 Å². The van der Waals surface area contributed by atoms with Gasteiger partial charge in [0.2, 0.25) is 5.91 Å². The molecular weight excluding hydrogens is 280 g/mol. The van der Waals surface area contributed by atoms with Gasteiger partial charge >= 0.3 is 0 Å². The first-order valence-corrected chi connectivity index (χ1v) is 8.63. The average Bonchev–Trinajstić information content (AvgIpc) is 3.21. The standard InChI is InChI=1S/C17H26N2OS/c1-17(2,3)12-4-8-14(9-5-12)21-11-10-15(16(18)20)19-13-6-7-13/h4-5,8-9,13,15,19H,6-7,10-11H2,1-3H3,(H2,18,20). The maximum Gasteiger partial charge on any atom is 0.234 e. The third-order valence-electron chi connectivity index (χ3n) is 3.75. The van der Waals surface area contributed by atoms with Gasteiger partial charge in [0, 0.05) is 10.9 Å². The molecular formula is C17H26N2OS. The van der Waals surface area contributed by atoms with E-state index in [2.05, 4.69) is 50.4 Å². The zero-order valence-corrected chi connectivity index (χ0v) is 14.0. The molecule has 1 aromatic rings. The van der Waals surface area contributed by atoms with Crippen LogP contribution in [0.4, 0.5) is 0 Å². The van der Waals surface area contributed by atoms with Crippen molar-refractivity contribution in [3.63, 3.8) is 0 Å². The first kappa shape index (κ1) is 16.4. The predicted molar refractivity (Wildman–Crippen MR) is 89.6 cm³/mol. The SMILES string of the molecule is CC(C)(C)c1ccc(SCCC(NC2CC2)C(N)=O)cc1. The van der Waals surface area contributed by atoms with Gasteiger partial charge in [0.05, 0.1) is 6.04 Å². The molecule has 1 aliphatic carbocycles. The number of rotatable bonds is 7. The lowest BCUT2D eigenvalue weighted by Gasteiger charge is -2.19. The van der Waals surface area contributed by atoms with Crippen LogP contribution in [0.5, 0.6) is 0 Å². The number of nitrogens with two attached hydrogens (primary N) is 1. The van der Waals surface area contributed by atoms with E-state index in [0.29, 0.717) is 6.04 Å². The molecule has 1 aliphatic rings. The fourth-order valence-electron chi connectivity index (χ4n) is 2.19. The topological polar surface area (TPSA) is 55.1 Å². The van der Waals surface area contributed by atoms with Gasteiger partial charge in [-0.15, -0.1) is 11.8 Å². The summed E-state index contributed by atoms with van der Waals surface area (Å²) < 4.78 is 0. The minimum atomic E-state index is -0.231. The quantitative estimate of drug-likeness (QED) is 0.761. The van der Waals surface area contributed by atoms with Gasteiger partial charge in [0.15, 0.2) is 0 Å². The smallest absolute Gasteiger partial charge is 0.234 e. The van der Waals surface area contributed by atoms with Crippen LogP contribution in [0.15, 0.2) is 29.2 Å². The molecule has 3 N–H and O–H groups in total. The molecule has 1 amide bonds. The van der Waals surface area contributed by atoms with Crippen LogP contribution in [0, 0.1) is 0 Å². The molecule has 3 nitrogen and oxygen atoms in total. The maximum absolute atomic E-state index is 11.4. The van der Waals surface area contributed by atoms with E-state index in [-0.39, 0.29) is 17.4 Å². The highest BCUT2D eigenvalue weighted by atomic mass is 32.2. The Morgan fingerprint density at radius 1 is 1.33 bits per heavy atom. The normalized spacial score (nSPS) is 16.7. The van der Waals surface area contributed by atoms with Crippen LogP contribution >= 0.6 is 11.8 Å². The Labute approximate surface area is 132 Å². The summed E-state index contributed by atoms with van der Waals surface area (Å²) in [5, 5.41) is 3.32. The molecule has 0 heterocycles. The minimum Gasteiger partial charge on any atom is -0.368 e. The van der Waals surface area contributed by atoms with Crippen molar-refractivity contribution in [2.24, 2.45) is 5.73 Å². The third kappa shape index (κ3) is 5.36. The number of thioether (sulfide) groups is 1. The van der Waals surface area contributed by atoms with E-state index in [0.717, 1.165) is 12.2 Å². The van der Waals surface area contributed by atoms with Gasteiger partial charge in [0.25, 0.3) is 0 Å². The number of hydrogen-bond acceptors (Lipinski definition) is 3. The van der Waals surface area contributed by atoms with Gasteiger partial charge in [-0.1, -0.05) is 32.9 Å². The molecule has 0 aliphatic heterocycles. The highest BCUT2D eigenvalue weighted by Gasteiger charge is 2.26. The van der Waals surface area contributed by atoms with Crippen molar-refractivity contribution >= 4 is 17.7 Å². The van der Waals surface area contributed by atoms with Crippen molar-refractivity contribution in [2.75, 3.05) is 5.75 Å². The van der Waals surface area contributed by atoms with E-state index in [1.807, 2.05) is 0 Å². The molecule has 0 aromatic heterocycles. The highest BCUT2D eigenvalue weighted by Crippen LogP contribution is 2.26. The van der Waals surface area contributed by atoms with Gasteiger partial charge in [-0.2, -0.15) is 0 Å². The fraction of sp³-hybridized carbons (Fsp3) is 0.588. The molecule has 4 heteroatoms. The van der Waals surface area contributed by atoms with Crippen molar-refractivity contribution in [1.82, 2.24) is 5.32 Å². The van der Waals surface area contributed by atoms with Crippen molar-refractivity contribution in [3.05, 3.63) is 29.8 Å². The first-order chi connectivity index (χ1) is 9.86. The zero-order valence-electron chi connectivity index (χ0n) is 13.2.